The van der Waals surface area contributed by atoms with Gasteiger partial charge in [-0.15, -0.1) is 12.4 Å². The molecule has 2 aromatic carbocycles. The maximum Gasteiger partial charge on any atom is 0.411 e. The van der Waals surface area contributed by atoms with E-state index in [1.165, 1.54) is 0 Å². The van der Waals surface area contributed by atoms with Crippen LogP contribution in [0.5, 0.6) is 0 Å². The molecule has 0 fully saturated rings. The molecular weight excluding hydrogens is 390 g/mol. The van der Waals surface area contributed by atoms with Crippen LogP contribution < -0.4 is 10.6 Å². The van der Waals surface area contributed by atoms with Crippen LogP contribution >= 0.6 is 12.4 Å². The average molecular weight is 420 g/mol. The molecule has 7 heteroatoms. The van der Waals surface area contributed by atoms with Gasteiger partial charge in [-0.3, -0.25) is 10.1 Å². The van der Waals surface area contributed by atoms with Gasteiger partial charge in [0.1, 0.15) is 0 Å². The third-order valence-corrected chi connectivity index (χ3v) is 4.47. The van der Waals surface area contributed by atoms with Crippen LogP contribution in [-0.4, -0.2) is 49.7 Å². The lowest BCUT2D eigenvalue weighted by atomic mass is 10.2. The van der Waals surface area contributed by atoms with Crippen LogP contribution in [0.4, 0.5) is 10.5 Å². The van der Waals surface area contributed by atoms with E-state index in [0.29, 0.717) is 30.8 Å². The van der Waals surface area contributed by atoms with Crippen LogP contribution in [0.25, 0.3) is 0 Å². The van der Waals surface area contributed by atoms with E-state index in [4.69, 9.17) is 4.74 Å². The Kier molecular flexibility index (Phi) is 11.5. The summed E-state index contributed by atoms with van der Waals surface area (Å²) in [7, 11) is 0. The smallest absolute Gasteiger partial charge is 0.411 e. The summed E-state index contributed by atoms with van der Waals surface area (Å²) in [5.41, 5.74) is 2.26. The van der Waals surface area contributed by atoms with E-state index in [0.717, 1.165) is 25.2 Å². The fourth-order valence-electron chi connectivity index (χ4n) is 2.73. The van der Waals surface area contributed by atoms with Crippen LogP contribution in [0.3, 0.4) is 0 Å². The Balaban J connectivity index is 0.00000420. The van der Waals surface area contributed by atoms with E-state index in [-0.39, 0.29) is 18.3 Å². The first-order chi connectivity index (χ1) is 13.6. The van der Waals surface area contributed by atoms with Gasteiger partial charge in [-0.1, -0.05) is 44.2 Å². The van der Waals surface area contributed by atoms with Gasteiger partial charge in [0, 0.05) is 30.8 Å². The second-order valence-electron chi connectivity index (χ2n) is 6.36. The van der Waals surface area contributed by atoms with Gasteiger partial charge in [0.2, 0.25) is 0 Å². The Morgan fingerprint density at radius 1 is 0.966 bits per heavy atom. The Labute approximate surface area is 179 Å². The molecule has 0 aliphatic rings. The summed E-state index contributed by atoms with van der Waals surface area (Å²) in [4.78, 5) is 26.3. The molecule has 2 N–H and O–H groups in total. The van der Waals surface area contributed by atoms with Crippen molar-refractivity contribution in [2.45, 2.75) is 20.3 Å². The maximum atomic E-state index is 12.2. The average Bonchev–Trinajstić information content (AvgIpc) is 2.72. The molecule has 0 aliphatic carbocycles. The lowest BCUT2D eigenvalue weighted by Gasteiger charge is -2.17. The number of anilines is 1. The molecule has 2 aromatic rings. The predicted octanol–water partition coefficient (Wildman–Crippen LogP) is 3.97. The highest BCUT2D eigenvalue weighted by Crippen LogP contribution is 2.10. The molecule has 0 heterocycles. The molecule has 0 aromatic heterocycles. The number of likely N-dealkylation sites (N-methyl/N-ethyl adjacent to an activating group) is 1. The second kappa shape index (κ2) is 13.6. The van der Waals surface area contributed by atoms with Crippen molar-refractivity contribution < 1.29 is 14.3 Å². The van der Waals surface area contributed by atoms with Crippen molar-refractivity contribution in [1.29, 1.82) is 0 Å². The number of nitrogens with zero attached hydrogens (tertiary/aromatic N) is 1. The Bertz CT molecular complexity index is 735. The number of halogens is 1. The third-order valence-electron chi connectivity index (χ3n) is 4.47. The zero-order chi connectivity index (χ0) is 20.2. The first-order valence-corrected chi connectivity index (χ1v) is 9.70. The molecule has 158 valence electrons. The van der Waals surface area contributed by atoms with Crippen molar-refractivity contribution >= 4 is 30.1 Å². The lowest BCUT2D eigenvalue weighted by Crippen LogP contribution is -2.34. The molecule has 0 unspecified atom stereocenters. The number of nitrogens with one attached hydrogen (secondary N) is 2. The van der Waals surface area contributed by atoms with Crippen LogP contribution in [0, 0.1) is 0 Å². The van der Waals surface area contributed by atoms with E-state index in [1.54, 1.807) is 24.3 Å². The minimum absolute atomic E-state index is 0. The number of hydrogen-bond acceptors (Lipinski definition) is 4. The normalized spacial score (nSPS) is 10.2. The molecule has 0 spiro atoms. The van der Waals surface area contributed by atoms with Gasteiger partial charge in [-0.05, 0) is 42.9 Å². The molecule has 29 heavy (non-hydrogen) atoms. The molecule has 0 saturated carbocycles. The van der Waals surface area contributed by atoms with Gasteiger partial charge in [0.05, 0.1) is 6.61 Å². The zero-order valence-corrected chi connectivity index (χ0v) is 17.8. The minimum atomic E-state index is -0.507. The summed E-state index contributed by atoms with van der Waals surface area (Å²) in [5.74, 6) is -0.121. The largest absolute Gasteiger partial charge is 0.449 e. The number of rotatable bonds is 10. The van der Waals surface area contributed by atoms with Gasteiger partial charge in [-0.25, -0.2) is 4.79 Å². The monoisotopic (exact) mass is 419 g/mol. The minimum Gasteiger partial charge on any atom is -0.449 e. The SMILES string of the molecule is CCN(CC)CCNC(=O)c1ccc(NC(=O)OCCc2ccccc2)cc1.Cl. The second-order valence-corrected chi connectivity index (χ2v) is 6.36. The summed E-state index contributed by atoms with van der Waals surface area (Å²) in [6, 6.07) is 16.6. The predicted molar refractivity (Wildman–Crippen MR) is 119 cm³/mol. The summed E-state index contributed by atoms with van der Waals surface area (Å²) < 4.78 is 5.19. The fraction of sp³-hybridized carbons (Fsp3) is 0.364. The highest BCUT2D eigenvalue weighted by Gasteiger charge is 2.08. The lowest BCUT2D eigenvalue weighted by molar-refractivity contribution is 0.0949. The van der Waals surface area contributed by atoms with Crippen molar-refractivity contribution in [3.8, 4) is 0 Å². The van der Waals surface area contributed by atoms with Crippen molar-refractivity contribution in [3.63, 3.8) is 0 Å². The molecule has 0 aliphatic heterocycles. The molecular formula is C22H30ClN3O3. The highest BCUT2D eigenvalue weighted by molar-refractivity contribution is 5.95. The number of hydrogen-bond donors (Lipinski definition) is 2. The summed E-state index contributed by atoms with van der Waals surface area (Å²) in [6.07, 6.45) is 0.160. The topological polar surface area (TPSA) is 70.7 Å². The van der Waals surface area contributed by atoms with Gasteiger partial charge in [-0.2, -0.15) is 0 Å². The van der Waals surface area contributed by atoms with Crippen molar-refractivity contribution in [2.75, 3.05) is 38.1 Å². The molecule has 0 bridgehead atoms. The van der Waals surface area contributed by atoms with Crippen LogP contribution in [-0.2, 0) is 11.2 Å². The molecule has 2 amide bonds. The Morgan fingerprint density at radius 3 is 2.24 bits per heavy atom. The quantitative estimate of drug-likeness (QED) is 0.611. The van der Waals surface area contributed by atoms with E-state index < -0.39 is 6.09 Å². The molecule has 0 saturated heterocycles. The number of amides is 2. The van der Waals surface area contributed by atoms with Crippen molar-refractivity contribution in [3.05, 3.63) is 65.7 Å². The standard InChI is InChI=1S/C22H29N3O3.ClH/c1-3-25(4-2)16-15-23-21(26)19-10-12-20(13-11-19)24-22(27)28-17-14-18-8-6-5-7-9-18;/h5-13H,3-4,14-17H2,1-2H3,(H,23,26)(H,24,27);1H. The van der Waals surface area contributed by atoms with E-state index in [1.807, 2.05) is 30.3 Å². The number of carbonyl (C=O) groups is 2. The first-order valence-electron chi connectivity index (χ1n) is 9.70. The maximum absolute atomic E-state index is 12.2. The first kappa shape index (κ1) is 24.5. The van der Waals surface area contributed by atoms with Gasteiger partial charge < -0.3 is 15.0 Å². The van der Waals surface area contributed by atoms with Crippen LogP contribution in [0.2, 0.25) is 0 Å². The third kappa shape index (κ3) is 8.98. The summed E-state index contributed by atoms with van der Waals surface area (Å²) in [5, 5.41) is 5.58. The van der Waals surface area contributed by atoms with Crippen LogP contribution in [0.15, 0.2) is 54.6 Å². The molecule has 0 radical (unpaired) electrons. The molecule has 6 nitrogen and oxygen atoms in total. The number of ether oxygens (including phenoxy) is 1. The van der Waals surface area contributed by atoms with E-state index in [9.17, 15) is 9.59 Å². The number of benzene rings is 2. The summed E-state index contributed by atoms with van der Waals surface area (Å²) in [6.45, 7) is 7.88. The van der Waals surface area contributed by atoms with Gasteiger partial charge >= 0.3 is 6.09 Å². The Morgan fingerprint density at radius 2 is 1.62 bits per heavy atom. The van der Waals surface area contributed by atoms with Crippen molar-refractivity contribution in [2.24, 2.45) is 0 Å². The number of carbonyl (C=O) groups excluding carboxylic acids is 2. The highest BCUT2D eigenvalue weighted by atomic mass is 35.5. The van der Waals surface area contributed by atoms with Gasteiger partial charge in [0.15, 0.2) is 0 Å². The van der Waals surface area contributed by atoms with E-state index in [2.05, 4.69) is 29.4 Å². The zero-order valence-electron chi connectivity index (χ0n) is 17.0. The summed E-state index contributed by atoms with van der Waals surface area (Å²) >= 11 is 0. The molecule has 0 atom stereocenters. The van der Waals surface area contributed by atoms with E-state index >= 15 is 0 Å². The van der Waals surface area contributed by atoms with Gasteiger partial charge in [0.25, 0.3) is 5.91 Å². The molecule has 2 rings (SSSR count). The fourth-order valence-corrected chi connectivity index (χ4v) is 2.73. The van der Waals surface area contributed by atoms with Crippen molar-refractivity contribution in [1.82, 2.24) is 10.2 Å². The van der Waals surface area contributed by atoms with Crippen LogP contribution in [0.1, 0.15) is 29.8 Å². The Hall–Kier alpha value is -2.57.